The van der Waals surface area contributed by atoms with Crippen LogP contribution in [0.25, 0.3) is 0 Å². The first-order chi connectivity index (χ1) is 9.69. The summed E-state index contributed by atoms with van der Waals surface area (Å²) in [6.45, 7) is 5.73. The van der Waals surface area contributed by atoms with E-state index < -0.39 is 0 Å². The molecule has 0 aliphatic heterocycles. The number of rotatable bonds is 7. The van der Waals surface area contributed by atoms with Crippen LogP contribution in [-0.2, 0) is 13.0 Å². The Morgan fingerprint density at radius 1 is 1.25 bits per heavy atom. The zero-order chi connectivity index (χ0) is 14.4. The average molecular weight is 338 g/mol. The molecule has 0 unspecified atom stereocenters. The van der Waals surface area contributed by atoms with Crippen molar-refractivity contribution in [2.24, 2.45) is 0 Å². The third-order valence-electron chi connectivity index (χ3n) is 3.22. The van der Waals surface area contributed by atoms with E-state index in [0.717, 1.165) is 36.2 Å². The van der Waals surface area contributed by atoms with Gasteiger partial charge in [0.15, 0.2) is 0 Å². The van der Waals surface area contributed by atoms with E-state index in [9.17, 15) is 0 Å². The Kier molecular flexibility index (Phi) is 5.59. The standard InChI is InChI=1S/C15H20BrN3O/c1-12-4-5-15(10-13(12)2)20-9-3-8-19-11-14(6-7-16)17-18-19/h4-5,10-11H,3,6-9H2,1-2H3. The van der Waals surface area contributed by atoms with Crippen molar-refractivity contribution < 1.29 is 4.74 Å². The van der Waals surface area contributed by atoms with Gasteiger partial charge in [-0.15, -0.1) is 5.10 Å². The predicted octanol–water partition coefficient (Wildman–Crippen LogP) is 3.30. The van der Waals surface area contributed by atoms with Crippen molar-refractivity contribution in [3.05, 3.63) is 41.2 Å². The van der Waals surface area contributed by atoms with Crippen LogP contribution < -0.4 is 4.74 Å². The Balaban J connectivity index is 1.74. The Bertz CT molecular complexity index is 554. The quantitative estimate of drug-likeness (QED) is 0.574. The summed E-state index contributed by atoms with van der Waals surface area (Å²) in [5.74, 6) is 0.937. The first kappa shape index (κ1) is 15.0. The van der Waals surface area contributed by atoms with E-state index in [1.807, 2.05) is 16.9 Å². The molecule has 0 fully saturated rings. The number of benzene rings is 1. The number of halogens is 1. The van der Waals surface area contributed by atoms with Crippen molar-refractivity contribution in [2.75, 3.05) is 11.9 Å². The molecule has 108 valence electrons. The molecule has 1 aromatic heterocycles. The molecule has 2 aromatic rings. The van der Waals surface area contributed by atoms with Crippen LogP contribution in [0, 0.1) is 13.8 Å². The molecule has 1 aromatic carbocycles. The van der Waals surface area contributed by atoms with Crippen LogP contribution in [0.2, 0.25) is 0 Å². The minimum atomic E-state index is 0.691. The highest BCUT2D eigenvalue weighted by Crippen LogP contribution is 2.16. The summed E-state index contributed by atoms with van der Waals surface area (Å²) in [4.78, 5) is 0. The highest BCUT2D eigenvalue weighted by molar-refractivity contribution is 9.09. The van der Waals surface area contributed by atoms with Gasteiger partial charge in [-0.25, -0.2) is 0 Å². The van der Waals surface area contributed by atoms with Crippen molar-refractivity contribution in [2.45, 2.75) is 33.2 Å². The lowest BCUT2D eigenvalue weighted by atomic mass is 10.1. The lowest BCUT2D eigenvalue weighted by Gasteiger charge is -2.08. The van der Waals surface area contributed by atoms with Crippen LogP contribution >= 0.6 is 15.9 Å². The molecule has 0 aliphatic rings. The molecule has 4 nitrogen and oxygen atoms in total. The Hall–Kier alpha value is -1.36. The van der Waals surface area contributed by atoms with E-state index in [1.165, 1.54) is 11.1 Å². The van der Waals surface area contributed by atoms with Crippen molar-refractivity contribution >= 4 is 15.9 Å². The minimum absolute atomic E-state index is 0.691. The van der Waals surface area contributed by atoms with Gasteiger partial charge in [-0.3, -0.25) is 4.68 Å². The fourth-order valence-corrected chi connectivity index (χ4v) is 2.29. The Morgan fingerprint density at radius 2 is 2.10 bits per heavy atom. The maximum atomic E-state index is 5.75. The highest BCUT2D eigenvalue weighted by Gasteiger charge is 2.01. The SMILES string of the molecule is Cc1ccc(OCCCn2cc(CCBr)nn2)cc1C. The largest absolute Gasteiger partial charge is 0.494 e. The zero-order valence-electron chi connectivity index (χ0n) is 12.0. The topological polar surface area (TPSA) is 39.9 Å². The molecular weight excluding hydrogens is 318 g/mol. The van der Waals surface area contributed by atoms with Gasteiger partial charge in [-0.2, -0.15) is 0 Å². The highest BCUT2D eigenvalue weighted by atomic mass is 79.9. The molecule has 0 bridgehead atoms. The van der Waals surface area contributed by atoms with Crippen LogP contribution in [0.5, 0.6) is 5.75 Å². The number of nitrogens with zero attached hydrogens (tertiary/aromatic N) is 3. The van der Waals surface area contributed by atoms with Gasteiger partial charge < -0.3 is 4.74 Å². The zero-order valence-corrected chi connectivity index (χ0v) is 13.6. The van der Waals surface area contributed by atoms with E-state index in [0.29, 0.717) is 6.61 Å². The van der Waals surface area contributed by atoms with Gasteiger partial charge in [0.1, 0.15) is 5.75 Å². The number of ether oxygens (including phenoxy) is 1. The lowest BCUT2D eigenvalue weighted by Crippen LogP contribution is -2.05. The summed E-state index contributed by atoms with van der Waals surface area (Å²) in [6, 6.07) is 6.19. The molecule has 2 rings (SSSR count). The van der Waals surface area contributed by atoms with Gasteiger partial charge in [-0.1, -0.05) is 27.2 Å². The summed E-state index contributed by atoms with van der Waals surface area (Å²) in [7, 11) is 0. The van der Waals surface area contributed by atoms with Gasteiger partial charge in [0, 0.05) is 30.9 Å². The maximum absolute atomic E-state index is 5.75. The number of hydrogen-bond acceptors (Lipinski definition) is 3. The van der Waals surface area contributed by atoms with Crippen molar-refractivity contribution in [1.29, 1.82) is 0 Å². The average Bonchev–Trinajstić information content (AvgIpc) is 2.87. The van der Waals surface area contributed by atoms with Crippen LogP contribution in [0.3, 0.4) is 0 Å². The molecule has 0 saturated heterocycles. The summed E-state index contributed by atoms with van der Waals surface area (Å²) < 4.78 is 7.63. The van der Waals surface area contributed by atoms with E-state index in [1.54, 1.807) is 0 Å². The minimum Gasteiger partial charge on any atom is -0.494 e. The van der Waals surface area contributed by atoms with Gasteiger partial charge in [0.25, 0.3) is 0 Å². The van der Waals surface area contributed by atoms with Crippen LogP contribution in [-0.4, -0.2) is 26.9 Å². The molecule has 5 heteroatoms. The molecule has 0 aliphatic carbocycles. The number of aryl methyl sites for hydroxylation is 4. The molecule has 0 saturated carbocycles. The van der Waals surface area contributed by atoms with Gasteiger partial charge in [0.2, 0.25) is 0 Å². The van der Waals surface area contributed by atoms with Gasteiger partial charge in [0.05, 0.1) is 12.3 Å². The van der Waals surface area contributed by atoms with Crippen LogP contribution in [0.1, 0.15) is 23.2 Å². The van der Waals surface area contributed by atoms with Crippen molar-refractivity contribution in [3.8, 4) is 5.75 Å². The van der Waals surface area contributed by atoms with Crippen molar-refractivity contribution in [3.63, 3.8) is 0 Å². The first-order valence-corrected chi connectivity index (χ1v) is 7.96. The van der Waals surface area contributed by atoms with E-state index in [2.05, 4.69) is 52.2 Å². The van der Waals surface area contributed by atoms with Gasteiger partial charge >= 0.3 is 0 Å². The Morgan fingerprint density at radius 3 is 2.85 bits per heavy atom. The normalized spacial score (nSPS) is 10.8. The molecule has 1 heterocycles. The number of aromatic nitrogens is 3. The molecular formula is C15H20BrN3O. The van der Waals surface area contributed by atoms with E-state index >= 15 is 0 Å². The first-order valence-electron chi connectivity index (χ1n) is 6.84. The fourth-order valence-electron chi connectivity index (χ4n) is 1.88. The number of alkyl halides is 1. The molecule has 0 N–H and O–H groups in total. The second kappa shape index (κ2) is 7.43. The molecule has 0 amide bonds. The summed E-state index contributed by atoms with van der Waals surface area (Å²) in [5, 5.41) is 9.12. The molecule has 0 radical (unpaired) electrons. The predicted molar refractivity (Wildman–Crippen MR) is 83.5 cm³/mol. The number of hydrogen-bond donors (Lipinski definition) is 0. The monoisotopic (exact) mass is 337 g/mol. The van der Waals surface area contributed by atoms with E-state index in [4.69, 9.17) is 4.74 Å². The Labute approximate surface area is 128 Å². The van der Waals surface area contributed by atoms with Gasteiger partial charge in [-0.05, 0) is 37.1 Å². The van der Waals surface area contributed by atoms with Crippen LogP contribution in [0.4, 0.5) is 0 Å². The fraction of sp³-hybridized carbons (Fsp3) is 0.467. The van der Waals surface area contributed by atoms with E-state index in [-0.39, 0.29) is 0 Å². The van der Waals surface area contributed by atoms with Crippen LogP contribution in [0.15, 0.2) is 24.4 Å². The second-order valence-electron chi connectivity index (χ2n) is 4.86. The second-order valence-corrected chi connectivity index (χ2v) is 5.65. The summed E-state index contributed by atoms with van der Waals surface area (Å²) >= 11 is 3.40. The summed E-state index contributed by atoms with van der Waals surface area (Å²) in [5.41, 5.74) is 3.58. The lowest BCUT2D eigenvalue weighted by molar-refractivity contribution is 0.297. The third kappa shape index (κ3) is 4.34. The summed E-state index contributed by atoms with van der Waals surface area (Å²) in [6.07, 6.45) is 3.83. The molecule has 20 heavy (non-hydrogen) atoms. The molecule has 0 atom stereocenters. The smallest absolute Gasteiger partial charge is 0.119 e. The molecule has 0 spiro atoms. The maximum Gasteiger partial charge on any atom is 0.119 e. The third-order valence-corrected chi connectivity index (χ3v) is 3.61. The van der Waals surface area contributed by atoms with Crippen molar-refractivity contribution in [1.82, 2.24) is 15.0 Å².